The first-order valence-electron chi connectivity index (χ1n) is 11.2. The molecule has 8 heteroatoms. The highest BCUT2D eigenvalue weighted by molar-refractivity contribution is 6.24. The Hall–Kier alpha value is -4.30. The fourth-order valence-corrected chi connectivity index (χ4v) is 4.33. The number of carbonyl (C=O) groups excluding carboxylic acids is 2. The van der Waals surface area contributed by atoms with Crippen molar-refractivity contribution in [2.75, 3.05) is 26.5 Å². The molecular weight excluding hydrogens is 442 g/mol. The number of carbonyl (C=O) groups is 2. The molecular formula is C27H25N5O3. The summed E-state index contributed by atoms with van der Waals surface area (Å²) in [6.07, 6.45) is 5.51. The minimum absolute atomic E-state index is 0.198. The zero-order valence-electron chi connectivity index (χ0n) is 19.7. The number of rotatable bonds is 6. The molecule has 0 fully saturated rings. The van der Waals surface area contributed by atoms with E-state index < -0.39 is 11.9 Å². The van der Waals surface area contributed by atoms with Crippen LogP contribution < -0.4 is 5.32 Å². The molecule has 2 aromatic heterocycles. The molecule has 0 saturated carbocycles. The summed E-state index contributed by atoms with van der Waals surface area (Å²) in [7, 11) is 5.38. The van der Waals surface area contributed by atoms with Gasteiger partial charge in [0, 0.05) is 36.4 Å². The number of hydrogen-bond donors (Lipinski definition) is 1. The molecule has 1 aliphatic rings. The van der Waals surface area contributed by atoms with E-state index in [-0.39, 0.29) is 5.91 Å². The number of aliphatic imine (C=N–C) groups is 1. The summed E-state index contributed by atoms with van der Waals surface area (Å²) in [5.74, 6) is -1.29. The molecule has 176 valence electrons. The van der Waals surface area contributed by atoms with E-state index in [9.17, 15) is 9.59 Å². The first-order chi connectivity index (χ1) is 16.9. The van der Waals surface area contributed by atoms with Gasteiger partial charge in [-0.2, -0.15) is 0 Å². The highest BCUT2D eigenvalue weighted by Gasteiger charge is 2.36. The second kappa shape index (κ2) is 9.15. The first-order valence-corrected chi connectivity index (χ1v) is 11.2. The predicted molar refractivity (Wildman–Crippen MR) is 134 cm³/mol. The third kappa shape index (κ3) is 4.43. The van der Waals surface area contributed by atoms with Crippen LogP contribution in [0.1, 0.15) is 33.0 Å². The van der Waals surface area contributed by atoms with Crippen molar-refractivity contribution >= 4 is 34.6 Å². The van der Waals surface area contributed by atoms with Gasteiger partial charge in [0.25, 0.3) is 0 Å². The summed E-state index contributed by atoms with van der Waals surface area (Å²) in [4.78, 5) is 36.6. The average Bonchev–Trinajstić information content (AvgIpc) is 3.45. The number of nitrogens with one attached hydrogen (secondary N) is 1. The van der Waals surface area contributed by atoms with Gasteiger partial charge in [0.05, 0.1) is 24.1 Å². The molecule has 2 aromatic carbocycles. The fourth-order valence-electron chi connectivity index (χ4n) is 4.33. The zero-order chi connectivity index (χ0) is 24.5. The molecule has 0 spiro atoms. The van der Waals surface area contributed by atoms with Crippen molar-refractivity contribution in [1.29, 1.82) is 0 Å². The molecule has 1 atom stereocenters. The maximum atomic E-state index is 13.2. The van der Waals surface area contributed by atoms with Gasteiger partial charge in [-0.3, -0.25) is 9.79 Å². The Morgan fingerprint density at radius 2 is 1.89 bits per heavy atom. The van der Waals surface area contributed by atoms with E-state index in [1.807, 2.05) is 67.3 Å². The predicted octanol–water partition coefficient (Wildman–Crippen LogP) is 4.04. The molecule has 0 radical (unpaired) electrons. The highest BCUT2D eigenvalue weighted by Crippen LogP contribution is 2.37. The summed E-state index contributed by atoms with van der Waals surface area (Å²) in [6, 6.07) is 16.9. The Bertz CT molecular complexity index is 1450. The van der Waals surface area contributed by atoms with Crippen molar-refractivity contribution in [3.8, 4) is 0 Å². The summed E-state index contributed by atoms with van der Waals surface area (Å²) >= 11 is 0. The average molecular weight is 468 g/mol. The fraction of sp³-hybridized carbons (Fsp3) is 0.185. The molecule has 0 saturated heterocycles. The van der Waals surface area contributed by atoms with Gasteiger partial charge >= 0.3 is 5.97 Å². The number of ether oxygens (including phenoxy) is 1. The van der Waals surface area contributed by atoms with Crippen LogP contribution in [0.5, 0.6) is 0 Å². The van der Waals surface area contributed by atoms with Gasteiger partial charge in [0.1, 0.15) is 11.6 Å². The van der Waals surface area contributed by atoms with Crippen LogP contribution in [-0.4, -0.2) is 53.1 Å². The number of anilines is 1. The van der Waals surface area contributed by atoms with Crippen LogP contribution in [0.15, 0.2) is 78.2 Å². The van der Waals surface area contributed by atoms with Crippen LogP contribution in [0.25, 0.3) is 5.65 Å². The number of imidazole rings is 1. The van der Waals surface area contributed by atoms with E-state index in [0.29, 0.717) is 17.0 Å². The van der Waals surface area contributed by atoms with Crippen LogP contribution in [0.2, 0.25) is 0 Å². The lowest BCUT2D eigenvalue weighted by molar-refractivity contribution is -0.115. The summed E-state index contributed by atoms with van der Waals surface area (Å²) in [6.45, 7) is 0.828. The quantitative estimate of drug-likeness (QED) is 0.342. The molecule has 3 heterocycles. The van der Waals surface area contributed by atoms with E-state index in [4.69, 9.17) is 9.73 Å². The van der Waals surface area contributed by atoms with Crippen LogP contribution in [0, 0.1) is 0 Å². The maximum absolute atomic E-state index is 13.2. The lowest BCUT2D eigenvalue weighted by Crippen LogP contribution is -2.22. The topological polar surface area (TPSA) is 88.3 Å². The SMILES string of the molecule is COC(=O)c1ccc2c(c1)NC(=O)C2C(=Nc1ccc(CN(C)C)cc1)c1ccc2nccn2c1. The Morgan fingerprint density at radius 1 is 1.11 bits per heavy atom. The lowest BCUT2D eigenvalue weighted by atomic mass is 9.90. The van der Waals surface area contributed by atoms with Gasteiger partial charge in [0.2, 0.25) is 5.91 Å². The summed E-state index contributed by atoms with van der Waals surface area (Å²) in [5.41, 5.74) is 5.87. The van der Waals surface area contributed by atoms with Gasteiger partial charge in [0.15, 0.2) is 0 Å². The number of hydrogen-bond acceptors (Lipinski definition) is 6. The molecule has 1 N–H and O–H groups in total. The van der Waals surface area contributed by atoms with Gasteiger partial charge in [-0.05, 0) is 61.6 Å². The number of pyridine rings is 1. The Kier molecular flexibility index (Phi) is 5.88. The second-order valence-electron chi connectivity index (χ2n) is 8.73. The molecule has 1 amide bonds. The minimum Gasteiger partial charge on any atom is -0.465 e. The maximum Gasteiger partial charge on any atom is 0.337 e. The van der Waals surface area contributed by atoms with Crippen molar-refractivity contribution in [1.82, 2.24) is 14.3 Å². The number of nitrogens with zero attached hydrogens (tertiary/aromatic N) is 4. The zero-order valence-corrected chi connectivity index (χ0v) is 19.7. The molecule has 0 bridgehead atoms. The van der Waals surface area contributed by atoms with Gasteiger partial charge < -0.3 is 19.4 Å². The third-order valence-corrected chi connectivity index (χ3v) is 5.95. The van der Waals surface area contributed by atoms with E-state index in [0.717, 1.165) is 29.0 Å². The number of fused-ring (bicyclic) bond motifs is 2. The Morgan fingerprint density at radius 3 is 2.63 bits per heavy atom. The van der Waals surface area contributed by atoms with Gasteiger partial charge in [-0.1, -0.05) is 18.2 Å². The number of methoxy groups -OCH3 is 1. The normalized spacial score (nSPS) is 15.4. The monoisotopic (exact) mass is 467 g/mol. The third-order valence-electron chi connectivity index (χ3n) is 5.95. The van der Waals surface area contributed by atoms with Crippen molar-refractivity contribution in [3.63, 3.8) is 0 Å². The van der Waals surface area contributed by atoms with Crippen LogP contribution in [0.3, 0.4) is 0 Å². The number of esters is 1. The number of amides is 1. The van der Waals surface area contributed by atoms with Crippen molar-refractivity contribution < 1.29 is 14.3 Å². The standard InChI is InChI=1S/C27H25N5O3/c1-31(2)15-17-4-8-20(9-5-17)29-25(19-7-11-23-28-12-13-32(23)16-19)24-21-10-6-18(27(34)35-3)14-22(21)30-26(24)33/h4-14,16,24H,15H2,1-3H3,(H,30,33). The minimum atomic E-state index is -0.640. The largest absolute Gasteiger partial charge is 0.465 e. The summed E-state index contributed by atoms with van der Waals surface area (Å²) in [5, 5.41) is 2.91. The molecule has 1 unspecified atom stereocenters. The number of benzene rings is 2. The van der Waals surface area contributed by atoms with Crippen molar-refractivity contribution in [2.45, 2.75) is 12.5 Å². The number of aromatic nitrogens is 2. The second-order valence-corrected chi connectivity index (χ2v) is 8.73. The highest BCUT2D eigenvalue weighted by atomic mass is 16.5. The summed E-state index contributed by atoms with van der Waals surface area (Å²) < 4.78 is 6.73. The molecule has 8 nitrogen and oxygen atoms in total. The molecule has 0 aliphatic carbocycles. The van der Waals surface area contributed by atoms with E-state index in [1.54, 1.807) is 24.4 Å². The van der Waals surface area contributed by atoms with E-state index >= 15 is 0 Å². The van der Waals surface area contributed by atoms with Gasteiger partial charge in [-0.25, -0.2) is 9.78 Å². The van der Waals surface area contributed by atoms with Crippen molar-refractivity contribution in [3.05, 3.63) is 95.4 Å². The Labute approximate surface area is 202 Å². The molecule has 5 rings (SSSR count). The first kappa shape index (κ1) is 22.5. The van der Waals surface area contributed by atoms with Crippen molar-refractivity contribution in [2.24, 2.45) is 4.99 Å². The molecule has 4 aromatic rings. The molecule has 1 aliphatic heterocycles. The van der Waals surface area contributed by atoms with Crippen LogP contribution in [0.4, 0.5) is 11.4 Å². The lowest BCUT2D eigenvalue weighted by Gasteiger charge is -2.15. The molecule has 35 heavy (non-hydrogen) atoms. The van der Waals surface area contributed by atoms with Crippen LogP contribution in [-0.2, 0) is 16.1 Å². The van der Waals surface area contributed by atoms with E-state index in [1.165, 1.54) is 12.7 Å². The van der Waals surface area contributed by atoms with Crippen LogP contribution >= 0.6 is 0 Å². The Balaban J connectivity index is 1.61. The van der Waals surface area contributed by atoms with Gasteiger partial charge in [-0.15, -0.1) is 0 Å². The van der Waals surface area contributed by atoms with E-state index in [2.05, 4.69) is 15.2 Å². The smallest absolute Gasteiger partial charge is 0.337 e.